The number of nitrogens with zero attached hydrogens (tertiary/aromatic N) is 2. The van der Waals surface area contributed by atoms with Crippen molar-refractivity contribution < 1.29 is 23.5 Å². The van der Waals surface area contributed by atoms with E-state index in [0.29, 0.717) is 10.7 Å². The van der Waals surface area contributed by atoms with Crippen LogP contribution in [0.2, 0.25) is 0 Å². The third kappa shape index (κ3) is 4.14. The van der Waals surface area contributed by atoms with E-state index in [1.165, 1.54) is 13.2 Å². The number of imide groups is 1. The summed E-state index contributed by atoms with van der Waals surface area (Å²) >= 11 is 0.895. The monoisotopic (exact) mass is 464 g/mol. The number of carbonyl (C=O) groups excluding carboxylic acids is 3. The molecule has 170 valence electrons. The quantitative estimate of drug-likeness (QED) is 0.375. The topological polar surface area (TPSA) is 81.8 Å². The van der Waals surface area contributed by atoms with Crippen molar-refractivity contribution in [2.75, 3.05) is 7.11 Å². The minimum absolute atomic E-state index is 0.0222. The smallest absolute Gasteiger partial charge is 0.373 e. The molecular formula is C25H24N2O5S. The maximum Gasteiger partial charge on any atom is 0.373 e. The minimum Gasteiger partial charge on any atom is -0.463 e. The van der Waals surface area contributed by atoms with E-state index in [1.807, 2.05) is 26.0 Å². The second-order valence-electron chi connectivity index (χ2n) is 7.93. The van der Waals surface area contributed by atoms with E-state index in [4.69, 9.17) is 4.42 Å². The van der Waals surface area contributed by atoms with Crippen LogP contribution in [-0.4, -0.2) is 33.7 Å². The Morgan fingerprint density at radius 3 is 2.45 bits per heavy atom. The third-order valence-corrected chi connectivity index (χ3v) is 6.56. The first-order chi connectivity index (χ1) is 15.7. The maximum absolute atomic E-state index is 13.0. The summed E-state index contributed by atoms with van der Waals surface area (Å²) in [7, 11) is 1.25. The van der Waals surface area contributed by atoms with E-state index in [1.54, 1.807) is 12.1 Å². The lowest BCUT2D eigenvalue weighted by Crippen LogP contribution is -2.27. The highest BCUT2D eigenvalue weighted by atomic mass is 32.2. The molecule has 0 aliphatic carbocycles. The van der Waals surface area contributed by atoms with Crippen molar-refractivity contribution in [3.05, 3.63) is 80.9 Å². The van der Waals surface area contributed by atoms with Crippen molar-refractivity contribution >= 4 is 35.0 Å². The van der Waals surface area contributed by atoms with Gasteiger partial charge in [-0.25, -0.2) is 4.79 Å². The van der Waals surface area contributed by atoms with Crippen LogP contribution in [0.15, 0.2) is 45.7 Å². The van der Waals surface area contributed by atoms with Crippen molar-refractivity contribution in [2.24, 2.45) is 0 Å². The summed E-state index contributed by atoms with van der Waals surface area (Å²) in [5, 5.41) is -0.383. The average molecular weight is 465 g/mol. The van der Waals surface area contributed by atoms with Gasteiger partial charge in [-0.3, -0.25) is 14.5 Å². The first-order valence-corrected chi connectivity index (χ1v) is 11.2. The predicted molar refractivity (Wildman–Crippen MR) is 126 cm³/mol. The number of benzene rings is 1. The van der Waals surface area contributed by atoms with Gasteiger partial charge in [0.05, 0.1) is 24.2 Å². The molecule has 0 atom stereocenters. The molecule has 1 aliphatic heterocycles. The fraction of sp³-hybridized carbons (Fsp3) is 0.240. The Hall–Kier alpha value is -3.52. The molecule has 8 heteroatoms. The number of para-hydroxylation sites is 1. The van der Waals surface area contributed by atoms with E-state index in [2.05, 4.69) is 35.3 Å². The Labute approximate surface area is 196 Å². The summed E-state index contributed by atoms with van der Waals surface area (Å²) in [6.45, 7) is 8.13. The first kappa shape index (κ1) is 22.7. The second-order valence-corrected chi connectivity index (χ2v) is 8.92. The number of thioether (sulfide) groups is 1. The zero-order valence-corrected chi connectivity index (χ0v) is 19.9. The molecular weight excluding hydrogens is 440 g/mol. The summed E-state index contributed by atoms with van der Waals surface area (Å²) in [6, 6.07) is 11.2. The fourth-order valence-corrected chi connectivity index (χ4v) is 4.87. The summed E-state index contributed by atoms with van der Waals surface area (Å²) in [5.74, 6) is -0.659. The molecule has 0 spiro atoms. The highest BCUT2D eigenvalue weighted by Crippen LogP contribution is 2.35. The van der Waals surface area contributed by atoms with Crippen molar-refractivity contribution in [1.29, 1.82) is 0 Å². The Bertz CT molecular complexity index is 1290. The van der Waals surface area contributed by atoms with Crippen molar-refractivity contribution in [3.63, 3.8) is 0 Å². The van der Waals surface area contributed by atoms with E-state index in [-0.39, 0.29) is 17.5 Å². The zero-order chi connectivity index (χ0) is 23.9. The number of carbonyl (C=O) groups is 3. The maximum atomic E-state index is 13.0. The summed E-state index contributed by atoms with van der Waals surface area (Å²) < 4.78 is 12.2. The van der Waals surface area contributed by atoms with Crippen LogP contribution in [0, 0.1) is 27.7 Å². The molecule has 2 amide bonds. The standard InChI is InChI=1S/C25H24N2O5S/c1-14-7-6-8-15(2)22(14)27-16(3)11-18(17(27)4)12-21-23(28)26(25(30)33-21)13-19-9-10-20(32-19)24(29)31-5/h6-12H,13H2,1-5H3. The van der Waals surface area contributed by atoms with E-state index >= 15 is 0 Å². The molecule has 1 aliphatic rings. The lowest BCUT2D eigenvalue weighted by atomic mass is 10.1. The molecule has 4 rings (SSSR count). The van der Waals surface area contributed by atoms with Crippen molar-refractivity contribution in [1.82, 2.24) is 9.47 Å². The fourth-order valence-electron chi connectivity index (χ4n) is 4.04. The van der Waals surface area contributed by atoms with Gasteiger partial charge in [0.15, 0.2) is 0 Å². The van der Waals surface area contributed by atoms with Crippen LogP contribution in [0.4, 0.5) is 4.79 Å². The van der Waals surface area contributed by atoms with Crippen molar-refractivity contribution in [2.45, 2.75) is 34.2 Å². The van der Waals surface area contributed by atoms with Crippen LogP contribution >= 0.6 is 11.8 Å². The molecule has 3 heterocycles. The molecule has 0 saturated carbocycles. The van der Waals surface area contributed by atoms with Gasteiger partial charge in [0, 0.05) is 11.4 Å². The van der Waals surface area contributed by atoms with Crippen LogP contribution in [0.5, 0.6) is 0 Å². The molecule has 2 aromatic heterocycles. The lowest BCUT2D eigenvalue weighted by molar-refractivity contribution is -0.123. The van der Waals surface area contributed by atoms with Crippen LogP contribution in [0.3, 0.4) is 0 Å². The largest absolute Gasteiger partial charge is 0.463 e. The highest BCUT2D eigenvalue weighted by molar-refractivity contribution is 8.18. The van der Waals surface area contributed by atoms with E-state index in [0.717, 1.165) is 50.4 Å². The van der Waals surface area contributed by atoms with Crippen LogP contribution in [0.25, 0.3) is 11.8 Å². The normalized spacial score (nSPS) is 15.1. The molecule has 1 aromatic carbocycles. The van der Waals surface area contributed by atoms with Gasteiger partial charge in [0.25, 0.3) is 11.1 Å². The highest BCUT2D eigenvalue weighted by Gasteiger charge is 2.36. The number of esters is 1. The lowest BCUT2D eigenvalue weighted by Gasteiger charge is -2.15. The van der Waals surface area contributed by atoms with Gasteiger partial charge in [-0.15, -0.1) is 0 Å². The number of furan rings is 1. The molecule has 3 aromatic rings. The van der Waals surface area contributed by atoms with Gasteiger partial charge in [0.1, 0.15) is 5.76 Å². The molecule has 33 heavy (non-hydrogen) atoms. The van der Waals surface area contributed by atoms with Gasteiger partial charge in [-0.2, -0.15) is 0 Å². The van der Waals surface area contributed by atoms with Gasteiger partial charge in [0.2, 0.25) is 5.76 Å². The number of rotatable bonds is 5. The minimum atomic E-state index is -0.616. The molecule has 0 unspecified atom stereocenters. The van der Waals surface area contributed by atoms with Gasteiger partial charge in [-0.1, -0.05) is 18.2 Å². The summed E-state index contributed by atoms with van der Waals surface area (Å²) in [4.78, 5) is 38.6. The molecule has 0 N–H and O–H groups in total. The Morgan fingerprint density at radius 1 is 1.09 bits per heavy atom. The number of aromatic nitrogens is 1. The number of hydrogen-bond acceptors (Lipinski definition) is 6. The van der Waals surface area contributed by atoms with Gasteiger partial charge in [-0.05, 0) is 80.4 Å². The van der Waals surface area contributed by atoms with Crippen molar-refractivity contribution in [3.8, 4) is 5.69 Å². The molecule has 7 nitrogen and oxygen atoms in total. The van der Waals surface area contributed by atoms with Crippen LogP contribution in [-0.2, 0) is 16.1 Å². The molecule has 0 bridgehead atoms. The first-order valence-electron chi connectivity index (χ1n) is 10.4. The van der Waals surface area contributed by atoms with E-state index < -0.39 is 11.9 Å². The molecule has 1 saturated heterocycles. The molecule has 0 radical (unpaired) electrons. The number of methoxy groups -OCH3 is 1. The van der Waals surface area contributed by atoms with Crippen LogP contribution in [0.1, 0.15) is 44.4 Å². The molecule has 1 fully saturated rings. The predicted octanol–water partition coefficient (Wildman–Crippen LogP) is 5.33. The third-order valence-electron chi connectivity index (χ3n) is 5.66. The number of hydrogen-bond donors (Lipinski definition) is 0. The second kappa shape index (κ2) is 8.78. The van der Waals surface area contributed by atoms with Gasteiger partial charge < -0.3 is 13.7 Å². The summed E-state index contributed by atoms with van der Waals surface area (Å²) in [5.41, 5.74) is 6.36. The Morgan fingerprint density at radius 2 is 1.79 bits per heavy atom. The van der Waals surface area contributed by atoms with E-state index in [9.17, 15) is 14.4 Å². The number of amides is 2. The average Bonchev–Trinajstić information content (AvgIpc) is 3.42. The summed E-state index contributed by atoms with van der Waals surface area (Å²) in [6.07, 6.45) is 1.76. The Kier molecular flexibility index (Phi) is 6.03. The number of ether oxygens (including phenoxy) is 1. The SMILES string of the molecule is COC(=O)c1ccc(CN2C(=O)SC(=Cc3cc(C)n(-c4c(C)cccc4C)c3C)C2=O)o1. The Balaban J connectivity index is 1.62. The van der Waals surface area contributed by atoms with Gasteiger partial charge >= 0.3 is 5.97 Å². The number of aryl methyl sites for hydroxylation is 3. The van der Waals surface area contributed by atoms with Crippen LogP contribution < -0.4 is 0 Å². The zero-order valence-electron chi connectivity index (χ0n) is 19.1.